The van der Waals surface area contributed by atoms with Crippen LogP contribution in [0.3, 0.4) is 0 Å². The number of hydrogen-bond acceptors (Lipinski definition) is 9. The number of anilines is 4. The third-order valence-corrected chi connectivity index (χ3v) is 8.38. The molecule has 0 aliphatic rings. The van der Waals surface area contributed by atoms with Gasteiger partial charge in [0, 0.05) is 37.8 Å². The van der Waals surface area contributed by atoms with Crippen LogP contribution in [0.25, 0.3) is 0 Å². The van der Waals surface area contributed by atoms with Gasteiger partial charge in [0.05, 0.1) is 36.4 Å². The van der Waals surface area contributed by atoms with Crippen molar-refractivity contribution in [3.05, 3.63) is 46.8 Å². The Balaban J connectivity index is 2.24. The van der Waals surface area contributed by atoms with E-state index in [1.807, 2.05) is 25.9 Å². The molecule has 10 nitrogen and oxygen atoms in total. The largest absolute Gasteiger partial charge is 0.493 e. The zero-order valence-electron chi connectivity index (χ0n) is 21.5. The van der Waals surface area contributed by atoms with Crippen LogP contribution in [0.4, 0.5) is 22.3 Å². The summed E-state index contributed by atoms with van der Waals surface area (Å²) in [4.78, 5) is 20.4. The second-order valence-corrected chi connectivity index (χ2v) is 11.0. The first kappa shape index (κ1) is 28.5. The maximum absolute atomic E-state index is 14.2. The van der Waals surface area contributed by atoms with Crippen LogP contribution in [0.1, 0.15) is 6.92 Å². The highest BCUT2D eigenvalue weighted by Crippen LogP contribution is 2.42. The van der Waals surface area contributed by atoms with Gasteiger partial charge in [-0.15, -0.1) is 11.3 Å². The van der Waals surface area contributed by atoms with Crippen LogP contribution >= 0.6 is 22.9 Å². The highest BCUT2D eigenvalue weighted by Gasteiger charge is 2.33. The van der Waals surface area contributed by atoms with Crippen LogP contribution < -0.4 is 28.9 Å². The number of nitrogens with zero attached hydrogens (tertiary/aromatic N) is 4. The molecular formula is C24H30ClN5O5S2. The molecule has 1 aromatic heterocycles. The molecule has 0 aliphatic heterocycles. The van der Waals surface area contributed by atoms with Crippen molar-refractivity contribution in [3.8, 4) is 11.5 Å². The van der Waals surface area contributed by atoms with E-state index in [1.165, 1.54) is 37.3 Å². The van der Waals surface area contributed by atoms with E-state index >= 15 is 0 Å². The van der Waals surface area contributed by atoms with Crippen molar-refractivity contribution in [2.45, 2.75) is 11.8 Å². The summed E-state index contributed by atoms with van der Waals surface area (Å²) < 4.78 is 40.0. The maximum Gasteiger partial charge on any atom is 0.270 e. The average molecular weight is 568 g/mol. The number of aromatic nitrogens is 1. The third kappa shape index (κ3) is 5.93. The van der Waals surface area contributed by atoms with E-state index in [-0.39, 0.29) is 38.9 Å². The van der Waals surface area contributed by atoms with Gasteiger partial charge in [0.25, 0.3) is 10.0 Å². The molecule has 0 bridgehead atoms. The summed E-state index contributed by atoms with van der Waals surface area (Å²) in [5.41, 5.74) is 0.955. The van der Waals surface area contributed by atoms with Crippen molar-refractivity contribution in [1.29, 1.82) is 0 Å². The lowest BCUT2D eigenvalue weighted by Gasteiger charge is -2.25. The number of nitrogens with one attached hydrogen (secondary N) is 1. The zero-order chi connectivity index (χ0) is 27.3. The SMILES string of the molecule is CCN(C(=O)CNC)c1csc(N(c2cc(N(C)C)ccc2Cl)S(=O)(=O)c2ccc(OC)c(OC)c2)n1. The fourth-order valence-electron chi connectivity index (χ4n) is 3.54. The second kappa shape index (κ2) is 12.0. The molecule has 0 spiro atoms. The van der Waals surface area contributed by atoms with Crippen molar-refractivity contribution in [1.82, 2.24) is 10.3 Å². The number of methoxy groups -OCH3 is 2. The Morgan fingerprint density at radius 1 is 1.11 bits per heavy atom. The number of ether oxygens (including phenoxy) is 2. The van der Waals surface area contributed by atoms with Gasteiger partial charge in [-0.1, -0.05) is 11.6 Å². The summed E-state index contributed by atoms with van der Waals surface area (Å²) in [7, 11) is 4.00. The van der Waals surface area contributed by atoms with Crippen LogP contribution in [-0.2, 0) is 14.8 Å². The van der Waals surface area contributed by atoms with Gasteiger partial charge in [-0.05, 0) is 44.3 Å². The first-order valence-electron chi connectivity index (χ1n) is 11.2. The van der Waals surface area contributed by atoms with E-state index in [1.54, 1.807) is 30.6 Å². The molecule has 0 saturated carbocycles. The molecule has 0 fully saturated rings. The summed E-state index contributed by atoms with van der Waals surface area (Å²) in [5, 5.41) is 4.81. The molecule has 1 N–H and O–H groups in total. The van der Waals surface area contributed by atoms with Crippen molar-refractivity contribution >= 4 is 61.2 Å². The lowest BCUT2D eigenvalue weighted by Crippen LogP contribution is -2.37. The number of sulfonamides is 1. The Morgan fingerprint density at radius 2 is 1.81 bits per heavy atom. The number of amides is 1. The standard InChI is InChI=1S/C24H30ClN5O5S2/c1-7-29(23(31)14-26-2)22-15-36-24(27-22)30(19-12-16(28(3)4)8-10-18(19)25)37(32,33)17-9-11-20(34-5)21(13-17)35-6/h8-13,15,26H,7,14H2,1-6H3. The number of halogens is 1. The molecule has 0 atom stereocenters. The Labute approximate surface area is 226 Å². The Kier molecular flexibility index (Phi) is 9.24. The minimum Gasteiger partial charge on any atom is -0.493 e. The first-order chi connectivity index (χ1) is 17.6. The zero-order valence-corrected chi connectivity index (χ0v) is 23.9. The Bertz CT molecular complexity index is 1360. The fraction of sp³-hybridized carbons (Fsp3) is 0.333. The molecule has 0 aliphatic carbocycles. The molecule has 1 heterocycles. The number of likely N-dealkylation sites (N-methyl/N-ethyl adjacent to an activating group) is 2. The molecular weight excluding hydrogens is 538 g/mol. The fourth-order valence-corrected chi connectivity index (χ4v) is 6.31. The van der Waals surface area contributed by atoms with Gasteiger partial charge < -0.3 is 19.7 Å². The molecule has 0 unspecified atom stereocenters. The predicted octanol–water partition coefficient (Wildman–Crippen LogP) is 3.98. The molecule has 37 heavy (non-hydrogen) atoms. The summed E-state index contributed by atoms with van der Waals surface area (Å²) in [6.45, 7) is 2.30. The highest BCUT2D eigenvalue weighted by atomic mass is 35.5. The van der Waals surface area contributed by atoms with Gasteiger partial charge in [-0.3, -0.25) is 9.69 Å². The number of rotatable bonds is 11. The topological polar surface area (TPSA) is 104 Å². The van der Waals surface area contributed by atoms with Crippen LogP contribution in [0.2, 0.25) is 5.02 Å². The van der Waals surface area contributed by atoms with Crippen LogP contribution in [0.5, 0.6) is 11.5 Å². The van der Waals surface area contributed by atoms with E-state index in [0.29, 0.717) is 18.1 Å². The first-order valence-corrected chi connectivity index (χ1v) is 13.9. The molecule has 0 saturated heterocycles. The smallest absolute Gasteiger partial charge is 0.270 e. The molecule has 2 aromatic carbocycles. The van der Waals surface area contributed by atoms with E-state index in [9.17, 15) is 13.2 Å². The lowest BCUT2D eigenvalue weighted by atomic mass is 10.2. The van der Waals surface area contributed by atoms with Crippen molar-refractivity contribution in [2.24, 2.45) is 0 Å². The van der Waals surface area contributed by atoms with Crippen LogP contribution in [-0.4, -0.2) is 67.8 Å². The van der Waals surface area contributed by atoms with E-state index in [0.717, 1.165) is 21.3 Å². The molecule has 0 radical (unpaired) electrons. The van der Waals surface area contributed by atoms with Crippen molar-refractivity contribution < 1.29 is 22.7 Å². The molecule has 3 rings (SSSR count). The summed E-state index contributed by atoms with van der Waals surface area (Å²) >= 11 is 7.66. The molecule has 3 aromatic rings. The Hall–Kier alpha value is -3.06. The monoisotopic (exact) mass is 567 g/mol. The minimum absolute atomic E-state index is 0.0492. The minimum atomic E-state index is -4.25. The van der Waals surface area contributed by atoms with Crippen LogP contribution in [0.15, 0.2) is 46.7 Å². The quantitative estimate of drug-likeness (QED) is 0.371. The highest BCUT2D eigenvalue weighted by molar-refractivity contribution is 7.93. The van der Waals surface area contributed by atoms with E-state index < -0.39 is 10.0 Å². The van der Waals surface area contributed by atoms with Gasteiger partial charge in [0.15, 0.2) is 11.5 Å². The summed E-state index contributed by atoms with van der Waals surface area (Å²) in [6, 6.07) is 9.42. The number of benzene rings is 2. The number of thiazole rings is 1. The van der Waals surface area contributed by atoms with Gasteiger partial charge in [0.1, 0.15) is 5.82 Å². The normalized spacial score (nSPS) is 11.2. The third-order valence-electron chi connectivity index (χ3n) is 5.43. The maximum atomic E-state index is 14.2. The number of carbonyl (C=O) groups is 1. The van der Waals surface area contributed by atoms with Gasteiger partial charge >= 0.3 is 0 Å². The second-order valence-electron chi connectivity index (χ2n) is 7.97. The molecule has 200 valence electrons. The van der Waals surface area contributed by atoms with E-state index in [2.05, 4.69) is 10.3 Å². The van der Waals surface area contributed by atoms with Crippen LogP contribution in [0, 0.1) is 0 Å². The molecule has 13 heteroatoms. The summed E-state index contributed by atoms with van der Waals surface area (Å²) in [5.74, 6) is 0.795. The summed E-state index contributed by atoms with van der Waals surface area (Å²) in [6.07, 6.45) is 0. The average Bonchev–Trinajstić information content (AvgIpc) is 3.34. The lowest BCUT2D eigenvalue weighted by molar-refractivity contribution is -0.117. The van der Waals surface area contributed by atoms with Gasteiger partial charge in [-0.25, -0.2) is 17.7 Å². The van der Waals surface area contributed by atoms with Gasteiger partial charge in [-0.2, -0.15) is 0 Å². The number of hydrogen-bond donors (Lipinski definition) is 1. The number of carbonyl (C=O) groups excluding carboxylic acids is 1. The van der Waals surface area contributed by atoms with Gasteiger partial charge in [0.2, 0.25) is 11.0 Å². The van der Waals surface area contributed by atoms with Crippen molar-refractivity contribution in [2.75, 3.05) is 62.6 Å². The predicted molar refractivity (Wildman–Crippen MR) is 149 cm³/mol. The van der Waals surface area contributed by atoms with Crippen molar-refractivity contribution in [3.63, 3.8) is 0 Å². The van der Waals surface area contributed by atoms with E-state index in [4.69, 9.17) is 21.1 Å². The molecule has 1 amide bonds. The Morgan fingerprint density at radius 3 is 2.41 bits per heavy atom.